The Balaban J connectivity index is 1.22. The lowest BCUT2D eigenvalue weighted by atomic mass is 9.94. The van der Waals surface area contributed by atoms with Gasteiger partial charge < -0.3 is 34.1 Å². The number of benzene rings is 2. The van der Waals surface area contributed by atoms with Crippen molar-refractivity contribution in [1.29, 1.82) is 0 Å². The van der Waals surface area contributed by atoms with Gasteiger partial charge >= 0.3 is 6.09 Å². The molecule has 9 nitrogen and oxygen atoms in total. The van der Waals surface area contributed by atoms with Gasteiger partial charge in [-0.1, -0.05) is 24.3 Å². The summed E-state index contributed by atoms with van der Waals surface area (Å²) in [5.41, 5.74) is 3.12. The molecule has 0 bridgehead atoms. The van der Waals surface area contributed by atoms with Crippen molar-refractivity contribution < 1.29 is 28.5 Å². The summed E-state index contributed by atoms with van der Waals surface area (Å²) in [7, 11) is 3.26. The summed E-state index contributed by atoms with van der Waals surface area (Å²) < 4.78 is 22.6. The van der Waals surface area contributed by atoms with Crippen molar-refractivity contribution in [3.63, 3.8) is 0 Å². The van der Waals surface area contributed by atoms with Crippen molar-refractivity contribution in [3.05, 3.63) is 59.2 Å². The molecule has 1 saturated heterocycles. The first-order valence-corrected chi connectivity index (χ1v) is 15.7. The second-order valence-corrected chi connectivity index (χ2v) is 12.4. The van der Waals surface area contributed by atoms with E-state index in [-0.39, 0.29) is 42.0 Å². The minimum absolute atomic E-state index is 0.00965. The van der Waals surface area contributed by atoms with Gasteiger partial charge in [0, 0.05) is 76.8 Å². The van der Waals surface area contributed by atoms with Crippen LogP contribution in [0.4, 0.5) is 4.79 Å². The number of carbonyl (C=O) groups is 2. The number of methoxy groups -OCH3 is 2. The molecule has 2 amide bonds. The van der Waals surface area contributed by atoms with E-state index >= 15 is 0 Å². The summed E-state index contributed by atoms with van der Waals surface area (Å²) in [4.78, 5) is 31.2. The average molecular weight is 594 g/mol. The smallest absolute Gasteiger partial charge is 0.410 e. The monoisotopic (exact) mass is 593 g/mol. The van der Waals surface area contributed by atoms with Crippen LogP contribution in [0.25, 0.3) is 0 Å². The molecule has 2 aliphatic carbocycles. The number of amides is 2. The lowest BCUT2D eigenvalue weighted by Gasteiger charge is -2.33. The Hall–Kier alpha value is -3.30. The van der Waals surface area contributed by atoms with Crippen LogP contribution in [0.1, 0.15) is 54.6 Å². The van der Waals surface area contributed by atoms with Gasteiger partial charge in [-0.15, -0.1) is 0 Å². The van der Waals surface area contributed by atoms with E-state index < -0.39 is 0 Å². The Bertz CT molecular complexity index is 1220. The van der Waals surface area contributed by atoms with Crippen LogP contribution in [0.5, 0.6) is 11.5 Å². The Morgan fingerprint density at radius 3 is 2.26 bits per heavy atom. The number of nitrogens with one attached hydrogen (secondary N) is 1. The largest absolute Gasteiger partial charge is 0.493 e. The Morgan fingerprint density at radius 2 is 1.63 bits per heavy atom. The highest BCUT2D eigenvalue weighted by atomic mass is 16.6. The maximum Gasteiger partial charge on any atom is 0.410 e. The molecule has 1 heterocycles. The van der Waals surface area contributed by atoms with Gasteiger partial charge in [0.2, 0.25) is 0 Å². The second-order valence-electron chi connectivity index (χ2n) is 12.4. The molecule has 43 heavy (non-hydrogen) atoms. The molecular formula is C34H47N3O6. The fraction of sp³-hybridized carbons (Fsp3) is 0.588. The van der Waals surface area contributed by atoms with Crippen LogP contribution in [0.3, 0.4) is 0 Å². The number of ether oxygens (including phenoxy) is 4. The van der Waals surface area contributed by atoms with Crippen LogP contribution in [0.2, 0.25) is 0 Å². The third-order valence-corrected chi connectivity index (χ3v) is 8.89. The number of nitrogens with zero attached hydrogens (tertiary/aromatic N) is 2. The quantitative estimate of drug-likeness (QED) is 0.321. The summed E-state index contributed by atoms with van der Waals surface area (Å²) >= 11 is 0. The zero-order valence-electron chi connectivity index (χ0n) is 26.1. The van der Waals surface area contributed by atoms with Crippen LogP contribution < -0.4 is 14.8 Å². The van der Waals surface area contributed by atoms with Gasteiger partial charge in [0.05, 0.1) is 13.7 Å². The van der Waals surface area contributed by atoms with Crippen LogP contribution in [0, 0.1) is 11.8 Å². The van der Waals surface area contributed by atoms with E-state index in [9.17, 15) is 9.59 Å². The van der Waals surface area contributed by atoms with Crippen molar-refractivity contribution in [2.24, 2.45) is 11.8 Å². The van der Waals surface area contributed by atoms with E-state index in [1.165, 1.54) is 11.1 Å². The molecule has 0 aromatic heterocycles. The molecule has 3 aliphatic rings. The molecule has 1 saturated carbocycles. The molecule has 1 N–H and O–H groups in total. The fourth-order valence-electron chi connectivity index (χ4n) is 6.29. The summed E-state index contributed by atoms with van der Waals surface area (Å²) in [5.74, 6) is 1.57. The number of carbonyl (C=O) groups excluding carboxylic acids is 2. The van der Waals surface area contributed by atoms with Crippen LogP contribution >= 0.6 is 0 Å². The number of fused-ring (bicyclic) bond motifs is 1. The average Bonchev–Trinajstić information content (AvgIpc) is 3.61. The molecule has 9 heteroatoms. The molecule has 1 aliphatic heterocycles. The molecular weight excluding hydrogens is 546 g/mol. The summed E-state index contributed by atoms with van der Waals surface area (Å²) in [6, 6.07) is 14.0. The molecule has 2 atom stereocenters. The van der Waals surface area contributed by atoms with Gasteiger partial charge in [0.15, 0.2) is 11.5 Å². The maximum atomic E-state index is 13.8. The highest BCUT2D eigenvalue weighted by Crippen LogP contribution is 2.33. The first-order valence-electron chi connectivity index (χ1n) is 15.7. The molecule has 0 unspecified atom stereocenters. The van der Waals surface area contributed by atoms with Gasteiger partial charge in [-0.25, -0.2) is 4.79 Å². The molecule has 0 radical (unpaired) electrons. The topological polar surface area (TPSA) is 89.6 Å². The predicted octanol–water partition coefficient (Wildman–Crippen LogP) is 4.57. The molecule has 2 aromatic rings. The van der Waals surface area contributed by atoms with Crippen LogP contribution in [-0.2, 0) is 22.3 Å². The standard InChI is InChI=1S/C34H47N3O6/c1-23(2)36(33(38)26-10-13-31(41-4)32(18-26)42-15-7-14-40-3)21-27-19-35-20-28(27)22-37(29-11-12-29)34(39)43-30-16-24-8-5-6-9-25(24)17-30/h5-6,8-10,13,18,23,27-30,35H,7,11-12,14-17,19-22H2,1-4H3/t27-,28-/m0/s1. The van der Waals surface area contributed by atoms with Crippen molar-refractivity contribution in [3.8, 4) is 11.5 Å². The van der Waals surface area contributed by atoms with E-state index in [1.807, 2.05) is 21.9 Å². The molecule has 5 rings (SSSR count). The van der Waals surface area contributed by atoms with Gasteiger partial charge in [0.1, 0.15) is 6.10 Å². The van der Waals surface area contributed by atoms with Gasteiger partial charge in [-0.2, -0.15) is 0 Å². The lowest BCUT2D eigenvalue weighted by molar-refractivity contribution is 0.0534. The normalized spacial score (nSPS) is 19.7. The summed E-state index contributed by atoms with van der Waals surface area (Å²) in [6.45, 7) is 8.05. The van der Waals surface area contributed by atoms with E-state index in [2.05, 4.69) is 31.3 Å². The van der Waals surface area contributed by atoms with E-state index in [4.69, 9.17) is 18.9 Å². The van der Waals surface area contributed by atoms with Crippen LogP contribution in [0.15, 0.2) is 42.5 Å². The third kappa shape index (κ3) is 7.81. The zero-order chi connectivity index (χ0) is 30.3. The lowest BCUT2D eigenvalue weighted by Crippen LogP contribution is -2.45. The van der Waals surface area contributed by atoms with Crippen molar-refractivity contribution in [2.45, 2.75) is 64.1 Å². The number of rotatable bonds is 14. The van der Waals surface area contributed by atoms with Crippen molar-refractivity contribution in [1.82, 2.24) is 15.1 Å². The Kier molecular flexibility index (Phi) is 10.5. The highest BCUT2D eigenvalue weighted by molar-refractivity contribution is 5.95. The SMILES string of the molecule is COCCCOc1cc(C(=O)N(C[C@@H]2CNC[C@H]2CN(C(=O)OC2Cc3ccccc3C2)C2CC2)C(C)C)ccc1OC. The summed E-state index contributed by atoms with van der Waals surface area (Å²) in [5, 5.41) is 3.53. The van der Waals surface area contributed by atoms with Gasteiger partial charge in [-0.3, -0.25) is 4.79 Å². The van der Waals surface area contributed by atoms with E-state index in [0.717, 1.165) is 45.2 Å². The maximum absolute atomic E-state index is 13.8. The number of hydrogen-bond donors (Lipinski definition) is 1. The Morgan fingerprint density at radius 1 is 0.930 bits per heavy atom. The minimum atomic E-state index is -0.195. The third-order valence-electron chi connectivity index (χ3n) is 8.89. The highest BCUT2D eigenvalue weighted by Gasteiger charge is 2.40. The van der Waals surface area contributed by atoms with E-state index in [0.29, 0.717) is 43.4 Å². The van der Waals surface area contributed by atoms with Gasteiger partial charge in [0.25, 0.3) is 5.91 Å². The van der Waals surface area contributed by atoms with Crippen molar-refractivity contribution >= 4 is 12.0 Å². The fourth-order valence-corrected chi connectivity index (χ4v) is 6.29. The first kappa shape index (κ1) is 31.1. The van der Waals surface area contributed by atoms with E-state index in [1.54, 1.807) is 32.4 Å². The minimum Gasteiger partial charge on any atom is -0.493 e. The van der Waals surface area contributed by atoms with Gasteiger partial charge in [-0.05, 0) is 67.9 Å². The van der Waals surface area contributed by atoms with Crippen LogP contribution in [-0.4, -0.2) is 93.6 Å². The Labute approximate surface area is 255 Å². The van der Waals surface area contributed by atoms with Crippen molar-refractivity contribution in [2.75, 3.05) is 53.6 Å². The second kappa shape index (κ2) is 14.4. The first-order chi connectivity index (χ1) is 20.9. The molecule has 2 aromatic carbocycles. The predicted molar refractivity (Wildman–Crippen MR) is 165 cm³/mol. The number of hydrogen-bond acceptors (Lipinski definition) is 7. The molecule has 2 fully saturated rings. The molecule has 0 spiro atoms. The summed E-state index contributed by atoms with van der Waals surface area (Å²) in [6.07, 6.45) is 4.06. The zero-order valence-corrected chi connectivity index (χ0v) is 26.1. The molecule has 234 valence electrons.